The van der Waals surface area contributed by atoms with Crippen LogP contribution in [0.3, 0.4) is 0 Å². The first-order chi connectivity index (χ1) is 13.5. The molecule has 0 aromatic heterocycles. The summed E-state index contributed by atoms with van der Waals surface area (Å²) in [7, 11) is 0. The fourth-order valence-electron chi connectivity index (χ4n) is 2.59. The summed E-state index contributed by atoms with van der Waals surface area (Å²) in [4.78, 5) is 23.6. The number of nitrogens with one attached hydrogen (secondary N) is 1. The number of nitrogens with zero attached hydrogens (tertiary/aromatic N) is 1. The zero-order chi connectivity index (χ0) is 20.1. The molecule has 0 heterocycles. The van der Waals surface area contributed by atoms with Gasteiger partial charge in [0.1, 0.15) is 0 Å². The molecule has 0 spiro atoms. The van der Waals surface area contributed by atoms with E-state index in [-0.39, 0.29) is 5.69 Å². The number of anilines is 1. The fraction of sp³-hybridized carbons (Fsp3) is 0. The lowest BCUT2D eigenvalue weighted by Gasteiger charge is -2.12. The molecule has 3 aromatic rings. The average molecular weight is 413 g/mol. The Bertz CT molecular complexity index is 1050. The number of hydrogen-bond donors (Lipinski definition) is 1. The number of para-hydroxylation sites is 1. The Kier molecular flexibility index (Phi) is 6.09. The number of benzene rings is 3. The van der Waals surface area contributed by atoms with E-state index in [0.717, 1.165) is 0 Å². The highest BCUT2D eigenvalue weighted by atomic mass is 35.5. The van der Waals surface area contributed by atoms with Crippen molar-refractivity contribution in [2.75, 3.05) is 5.32 Å². The van der Waals surface area contributed by atoms with E-state index < -0.39 is 10.8 Å². The SMILES string of the molecule is O=C(Nc1c(Cl)cccc1Cl)/C(=C/c1cccc([N+](=O)[O-])c1)c1ccccc1. The maximum atomic E-state index is 13.0. The van der Waals surface area contributed by atoms with Crippen molar-refractivity contribution in [3.05, 3.63) is 104 Å². The largest absolute Gasteiger partial charge is 0.319 e. The third-order valence-electron chi connectivity index (χ3n) is 3.92. The first kappa shape index (κ1) is 19.6. The minimum absolute atomic E-state index is 0.0595. The van der Waals surface area contributed by atoms with Gasteiger partial charge in [0.05, 0.1) is 20.7 Å². The molecule has 3 aromatic carbocycles. The standard InChI is InChI=1S/C21H14Cl2N2O3/c22-18-10-5-11-19(23)20(18)24-21(26)17(15-7-2-1-3-8-15)13-14-6-4-9-16(12-14)25(27)28/h1-13H,(H,24,26)/b17-13+. The van der Waals surface area contributed by atoms with E-state index in [1.807, 2.05) is 6.07 Å². The van der Waals surface area contributed by atoms with Crippen molar-refractivity contribution in [3.63, 3.8) is 0 Å². The number of non-ortho nitro benzene ring substituents is 1. The Labute approximate surface area is 171 Å². The number of halogens is 2. The van der Waals surface area contributed by atoms with Crippen LogP contribution in [-0.4, -0.2) is 10.8 Å². The maximum absolute atomic E-state index is 13.0. The molecule has 0 saturated heterocycles. The summed E-state index contributed by atoms with van der Waals surface area (Å²) in [6, 6.07) is 19.9. The number of rotatable bonds is 5. The number of carbonyl (C=O) groups is 1. The molecule has 0 radical (unpaired) electrons. The van der Waals surface area contributed by atoms with Gasteiger partial charge in [-0.15, -0.1) is 0 Å². The second-order valence-electron chi connectivity index (χ2n) is 5.83. The van der Waals surface area contributed by atoms with Gasteiger partial charge < -0.3 is 5.32 Å². The molecule has 0 bridgehead atoms. The third kappa shape index (κ3) is 4.57. The zero-order valence-corrected chi connectivity index (χ0v) is 15.9. The van der Waals surface area contributed by atoms with Crippen molar-refractivity contribution in [1.29, 1.82) is 0 Å². The van der Waals surface area contributed by atoms with Crippen LogP contribution < -0.4 is 5.32 Å². The van der Waals surface area contributed by atoms with Gasteiger partial charge in [-0.3, -0.25) is 14.9 Å². The van der Waals surface area contributed by atoms with Crippen LogP contribution in [-0.2, 0) is 4.79 Å². The lowest BCUT2D eigenvalue weighted by molar-refractivity contribution is -0.384. The molecular weight excluding hydrogens is 399 g/mol. The van der Waals surface area contributed by atoms with E-state index in [9.17, 15) is 14.9 Å². The van der Waals surface area contributed by atoms with E-state index in [1.165, 1.54) is 12.1 Å². The quantitative estimate of drug-likeness (QED) is 0.238. The maximum Gasteiger partial charge on any atom is 0.270 e. The van der Waals surface area contributed by atoms with Crippen molar-refractivity contribution in [2.45, 2.75) is 0 Å². The molecule has 0 fully saturated rings. The minimum Gasteiger partial charge on any atom is -0.319 e. The molecule has 1 N–H and O–H groups in total. The van der Waals surface area contributed by atoms with Crippen molar-refractivity contribution in [2.24, 2.45) is 0 Å². The monoisotopic (exact) mass is 412 g/mol. The number of carbonyl (C=O) groups excluding carboxylic acids is 1. The number of nitro benzene ring substituents is 1. The van der Waals surface area contributed by atoms with Gasteiger partial charge in [-0.05, 0) is 29.3 Å². The van der Waals surface area contributed by atoms with Crippen molar-refractivity contribution < 1.29 is 9.72 Å². The summed E-state index contributed by atoms with van der Waals surface area (Å²) in [6.07, 6.45) is 1.59. The van der Waals surface area contributed by atoms with Gasteiger partial charge in [0, 0.05) is 17.7 Å². The first-order valence-corrected chi connectivity index (χ1v) is 8.98. The van der Waals surface area contributed by atoms with Crippen LogP contribution in [0.1, 0.15) is 11.1 Å². The van der Waals surface area contributed by atoms with Gasteiger partial charge in [-0.2, -0.15) is 0 Å². The first-order valence-electron chi connectivity index (χ1n) is 8.22. The van der Waals surface area contributed by atoms with Crippen LogP contribution >= 0.6 is 23.2 Å². The highest BCUT2D eigenvalue weighted by Crippen LogP contribution is 2.31. The van der Waals surface area contributed by atoms with Crippen LogP contribution in [0.25, 0.3) is 11.6 Å². The summed E-state index contributed by atoms with van der Waals surface area (Å²) >= 11 is 12.3. The highest BCUT2D eigenvalue weighted by Gasteiger charge is 2.16. The lowest BCUT2D eigenvalue weighted by Crippen LogP contribution is -2.14. The second kappa shape index (κ2) is 8.69. The summed E-state index contributed by atoms with van der Waals surface area (Å²) in [5.74, 6) is -0.437. The molecule has 0 aliphatic carbocycles. The second-order valence-corrected chi connectivity index (χ2v) is 6.64. The predicted octanol–water partition coefficient (Wildman–Crippen LogP) is 6.08. The van der Waals surface area contributed by atoms with E-state index >= 15 is 0 Å². The topological polar surface area (TPSA) is 72.2 Å². The summed E-state index contributed by atoms with van der Waals surface area (Å²) in [6.45, 7) is 0. The van der Waals surface area contributed by atoms with Gasteiger partial charge in [0.15, 0.2) is 0 Å². The molecule has 140 valence electrons. The molecular formula is C21H14Cl2N2O3. The van der Waals surface area contributed by atoms with Gasteiger partial charge in [-0.25, -0.2) is 0 Å². The van der Waals surface area contributed by atoms with Gasteiger partial charge in [0.25, 0.3) is 11.6 Å². The van der Waals surface area contributed by atoms with Gasteiger partial charge >= 0.3 is 0 Å². The molecule has 0 saturated carbocycles. The Hall–Kier alpha value is -3.15. The van der Waals surface area contributed by atoms with Crippen LogP contribution in [0.15, 0.2) is 72.8 Å². The Morgan fingerprint density at radius 1 is 0.929 bits per heavy atom. The molecule has 0 aliphatic rings. The van der Waals surface area contributed by atoms with Crippen LogP contribution in [0.2, 0.25) is 10.0 Å². The smallest absolute Gasteiger partial charge is 0.270 e. The molecule has 0 unspecified atom stereocenters. The highest BCUT2D eigenvalue weighted by molar-refractivity contribution is 6.41. The lowest BCUT2D eigenvalue weighted by atomic mass is 10.0. The van der Waals surface area contributed by atoms with Crippen LogP contribution in [0.4, 0.5) is 11.4 Å². The summed E-state index contributed by atoms with van der Waals surface area (Å²) in [5, 5.41) is 14.4. The van der Waals surface area contributed by atoms with Gasteiger partial charge in [-0.1, -0.05) is 71.7 Å². The van der Waals surface area contributed by atoms with Crippen molar-refractivity contribution >= 4 is 52.1 Å². The summed E-state index contributed by atoms with van der Waals surface area (Å²) < 4.78 is 0. The molecule has 1 amide bonds. The molecule has 0 aliphatic heterocycles. The Morgan fingerprint density at radius 3 is 2.21 bits per heavy atom. The average Bonchev–Trinajstić information content (AvgIpc) is 2.70. The summed E-state index contributed by atoms with van der Waals surface area (Å²) in [5.41, 5.74) is 1.73. The number of hydrogen-bond acceptors (Lipinski definition) is 3. The fourth-order valence-corrected chi connectivity index (χ4v) is 3.08. The molecule has 5 nitrogen and oxygen atoms in total. The van der Waals surface area contributed by atoms with Crippen LogP contribution in [0, 0.1) is 10.1 Å². The van der Waals surface area contributed by atoms with E-state index in [0.29, 0.717) is 32.4 Å². The Balaban J connectivity index is 2.04. The number of amides is 1. The van der Waals surface area contributed by atoms with Crippen molar-refractivity contribution in [1.82, 2.24) is 0 Å². The molecule has 28 heavy (non-hydrogen) atoms. The van der Waals surface area contributed by atoms with Crippen LogP contribution in [0.5, 0.6) is 0 Å². The van der Waals surface area contributed by atoms with E-state index in [4.69, 9.17) is 23.2 Å². The third-order valence-corrected chi connectivity index (χ3v) is 4.55. The Morgan fingerprint density at radius 2 is 1.57 bits per heavy atom. The minimum atomic E-state index is -0.483. The zero-order valence-electron chi connectivity index (χ0n) is 14.4. The van der Waals surface area contributed by atoms with E-state index in [1.54, 1.807) is 60.7 Å². The molecule has 7 heteroatoms. The molecule has 0 atom stereocenters. The molecule has 3 rings (SSSR count). The van der Waals surface area contributed by atoms with Gasteiger partial charge in [0.2, 0.25) is 0 Å². The van der Waals surface area contributed by atoms with E-state index in [2.05, 4.69) is 5.32 Å². The predicted molar refractivity (Wildman–Crippen MR) is 113 cm³/mol. The number of nitro groups is 1. The normalized spacial score (nSPS) is 11.1. The van der Waals surface area contributed by atoms with Crippen molar-refractivity contribution in [3.8, 4) is 0 Å².